The summed E-state index contributed by atoms with van der Waals surface area (Å²) in [5, 5.41) is 9.73. The maximum atomic E-state index is 12.2. The van der Waals surface area contributed by atoms with E-state index in [9.17, 15) is 9.90 Å². The Bertz CT molecular complexity index is 823. The highest BCUT2D eigenvalue weighted by atomic mass is 16.5. The molecule has 3 aromatic rings. The van der Waals surface area contributed by atoms with Crippen LogP contribution in [0.1, 0.15) is 27.9 Å². The van der Waals surface area contributed by atoms with Crippen molar-refractivity contribution in [3.8, 4) is 11.5 Å². The van der Waals surface area contributed by atoms with Crippen LogP contribution in [0.2, 0.25) is 0 Å². The fourth-order valence-electron chi connectivity index (χ4n) is 2.60. The third kappa shape index (κ3) is 4.70. The summed E-state index contributed by atoms with van der Waals surface area (Å²) in [5.74, 6) is 0.791. The average Bonchev–Trinajstić information content (AvgIpc) is 2.66. The zero-order valence-corrected chi connectivity index (χ0v) is 13.9. The fourth-order valence-corrected chi connectivity index (χ4v) is 2.60. The third-order valence-electron chi connectivity index (χ3n) is 4.02. The van der Waals surface area contributed by atoms with Gasteiger partial charge in [0, 0.05) is 6.42 Å². The summed E-state index contributed by atoms with van der Waals surface area (Å²) < 4.78 is 5.76. The molecule has 3 rings (SSSR count). The van der Waals surface area contributed by atoms with Crippen molar-refractivity contribution >= 4 is 5.78 Å². The molecule has 0 heterocycles. The minimum Gasteiger partial charge on any atom is -0.507 e. The molecule has 0 bridgehead atoms. The predicted molar refractivity (Wildman–Crippen MR) is 98.0 cm³/mol. The van der Waals surface area contributed by atoms with E-state index < -0.39 is 0 Å². The summed E-state index contributed by atoms with van der Waals surface area (Å²) in [6.07, 6.45) is 0.994. The Morgan fingerprint density at radius 1 is 0.800 bits per heavy atom. The van der Waals surface area contributed by atoms with Crippen LogP contribution in [0.5, 0.6) is 11.5 Å². The molecular weight excluding hydrogens is 312 g/mol. The highest BCUT2D eigenvalue weighted by Crippen LogP contribution is 2.20. The molecule has 1 N–H and O–H groups in total. The van der Waals surface area contributed by atoms with Crippen molar-refractivity contribution < 1.29 is 14.6 Å². The van der Waals surface area contributed by atoms with Crippen LogP contribution in [0.4, 0.5) is 0 Å². The van der Waals surface area contributed by atoms with Gasteiger partial charge in [-0.1, -0.05) is 54.6 Å². The molecule has 0 saturated heterocycles. The number of rotatable bonds is 7. The van der Waals surface area contributed by atoms with Crippen LogP contribution in [-0.2, 0) is 13.0 Å². The number of ketones is 1. The first-order valence-electron chi connectivity index (χ1n) is 8.29. The molecule has 25 heavy (non-hydrogen) atoms. The molecule has 3 nitrogen and oxygen atoms in total. The lowest BCUT2D eigenvalue weighted by atomic mass is 10.0. The van der Waals surface area contributed by atoms with Crippen LogP contribution in [0.15, 0.2) is 78.9 Å². The van der Waals surface area contributed by atoms with Crippen LogP contribution in [-0.4, -0.2) is 10.9 Å². The second kappa shape index (κ2) is 8.15. The van der Waals surface area contributed by atoms with E-state index in [0.29, 0.717) is 25.0 Å². The molecule has 0 atom stereocenters. The van der Waals surface area contributed by atoms with Gasteiger partial charge in [0.2, 0.25) is 0 Å². The van der Waals surface area contributed by atoms with E-state index in [1.807, 2.05) is 54.6 Å². The zero-order chi connectivity index (χ0) is 17.5. The summed E-state index contributed by atoms with van der Waals surface area (Å²) in [7, 11) is 0. The van der Waals surface area contributed by atoms with Crippen molar-refractivity contribution in [1.29, 1.82) is 0 Å². The summed E-state index contributed by atoms with van der Waals surface area (Å²) in [5.41, 5.74) is 2.57. The molecule has 126 valence electrons. The maximum absolute atomic E-state index is 12.2. The van der Waals surface area contributed by atoms with Gasteiger partial charge in [-0.25, -0.2) is 0 Å². The van der Waals surface area contributed by atoms with Gasteiger partial charge in [0.1, 0.15) is 18.1 Å². The van der Waals surface area contributed by atoms with E-state index in [1.54, 1.807) is 18.2 Å². The smallest absolute Gasteiger partial charge is 0.166 e. The van der Waals surface area contributed by atoms with Gasteiger partial charge >= 0.3 is 0 Å². The van der Waals surface area contributed by atoms with Crippen LogP contribution in [0.25, 0.3) is 0 Å². The van der Waals surface area contributed by atoms with Gasteiger partial charge in [0.15, 0.2) is 5.78 Å². The monoisotopic (exact) mass is 332 g/mol. The Morgan fingerprint density at radius 3 is 2.20 bits per heavy atom. The number of ether oxygens (including phenoxy) is 1. The Labute approximate surface area is 147 Å². The van der Waals surface area contributed by atoms with Crippen molar-refractivity contribution in [2.45, 2.75) is 19.4 Å². The van der Waals surface area contributed by atoms with E-state index in [2.05, 4.69) is 0 Å². The first-order chi connectivity index (χ1) is 12.2. The molecule has 0 aliphatic carbocycles. The highest BCUT2D eigenvalue weighted by molar-refractivity contribution is 5.98. The van der Waals surface area contributed by atoms with E-state index in [1.165, 1.54) is 6.07 Å². The van der Waals surface area contributed by atoms with Crippen LogP contribution in [0, 0.1) is 0 Å². The minimum atomic E-state index is -0.0532. The lowest BCUT2D eigenvalue weighted by Crippen LogP contribution is -2.01. The van der Waals surface area contributed by atoms with Crippen molar-refractivity contribution in [1.82, 2.24) is 0 Å². The molecule has 0 amide bonds. The van der Waals surface area contributed by atoms with Gasteiger partial charge in [0.05, 0.1) is 5.56 Å². The summed E-state index contributed by atoms with van der Waals surface area (Å²) in [6, 6.07) is 24.4. The summed E-state index contributed by atoms with van der Waals surface area (Å²) >= 11 is 0. The molecule has 0 fully saturated rings. The molecule has 0 aromatic heterocycles. The fraction of sp³-hybridized carbons (Fsp3) is 0.136. The zero-order valence-electron chi connectivity index (χ0n) is 13.9. The maximum Gasteiger partial charge on any atom is 0.166 e. The normalized spacial score (nSPS) is 10.4. The number of Topliss-reactive ketones (excluding diaryl/α,β-unsaturated/α-hetero) is 1. The number of hydrogen-bond acceptors (Lipinski definition) is 3. The molecule has 3 aromatic carbocycles. The number of carbonyl (C=O) groups excluding carboxylic acids is 1. The molecule has 0 unspecified atom stereocenters. The van der Waals surface area contributed by atoms with Gasteiger partial charge in [-0.05, 0) is 41.8 Å². The van der Waals surface area contributed by atoms with Gasteiger partial charge in [-0.3, -0.25) is 4.79 Å². The number of benzene rings is 3. The van der Waals surface area contributed by atoms with E-state index >= 15 is 0 Å². The molecule has 0 spiro atoms. The van der Waals surface area contributed by atoms with Crippen LogP contribution < -0.4 is 4.74 Å². The lowest BCUT2D eigenvalue weighted by Gasteiger charge is -2.08. The van der Waals surface area contributed by atoms with Crippen LogP contribution >= 0.6 is 0 Å². The van der Waals surface area contributed by atoms with E-state index in [0.717, 1.165) is 16.9 Å². The van der Waals surface area contributed by atoms with Gasteiger partial charge in [-0.15, -0.1) is 0 Å². The Balaban J connectivity index is 1.52. The quantitative estimate of drug-likeness (QED) is 0.633. The van der Waals surface area contributed by atoms with Crippen LogP contribution in [0.3, 0.4) is 0 Å². The van der Waals surface area contributed by atoms with Crippen molar-refractivity contribution in [3.05, 3.63) is 95.6 Å². The second-order valence-electron chi connectivity index (χ2n) is 5.86. The molecule has 0 saturated carbocycles. The first kappa shape index (κ1) is 16.8. The Morgan fingerprint density at radius 2 is 1.48 bits per heavy atom. The predicted octanol–water partition coefficient (Wildman–Crippen LogP) is 4.79. The SMILES string of the molecule is O=C(CCc1ccc(OCc2ccccc2)cc1)c1ccccc1O. The molecule has 0 radical (unpaired) electrons. The third-order valence-corrected chi connectivity index (χ3v) is 4.02. The number of aromatic hydroxyl groups is 1. The summed E-state index contributed by atoms with van der Waals surface area (Å²) in [4.78, 5) is 12.2. The van der Waals surface area contributed by atoms with E-state index in [-0.39, 0.29) is 11.5 Å². The van der Waals surface area contributed by atoms with Crippen molar-refractivity contribution in [2.24, 2.45) is 0 Å². The number of phenols is 1. The first-order valence-corrected chi connectivity index (χ1v) is 8.29. The number of carbonyl (C=O) groups is 1. The standard InChI is InChI=1S/C22H20O3/c23-21-9-5-4-8-20(21)22(24)15-12-17-10-13-19(14-11-17)25-16-18-6-2-1-3-7-18/h1-11,13-14,23H,12,15-16H2. The largest absolute Gasteiger partial charge is 0.507 e. The highest BCUT2D eigenvalue weighted by Gasteiger charge is 2.10. The molecule has 3 heteroatoms. The number of hydrogen-bond donors (Lipinski definition) is 1. The average molecular weight is 332 g/mol. The number of aryl methyl sites for hydroxylation is 1. The molecular formula is C22H20O3. The summed E-state index contributed by atoms with van der Waals surface area (Å²) in [6.45, 7) is 0.534. The van der Waals surface area contributed by atoms with Gasteiger partial charge in [0.25, 0.3) is 0 Å². The number of phenolic OH excluding ortho intramolecular Hbond substituents is 1. The topological polar surface area (TPSA) is 46.5 Å². The van der Waals surface area contributed by atoms with Crippen molar-refractivity contribution in [2.75, 3.05) is 0 Å². The Kier molecular flexibility index (Phi) is 5.47. The molecule has 0 aliphatic rings. The second-order valence-corrected chi connectivity index (χ2v) is 5.86. The lowest BCUT2D eigenvalue weighted by molar-refractivity contribution is 0.0980. The minimum absolute atomic E-state index is 0.0390. The number of para-hydroxylation sites is 1. The van der Waals surface area contributed by atoms with E-state index in [4.69, 9.17) is 4.74 Å². The van der Waals surface area contributed by atoms with Crippen molar-refractivity contribution in [3.63, 3.8) is 0 Å². The van der Waals surface area contributed by atoms with Gasteiger partial charge < -0.3 is 9.84 Å². The Hall–Kier alpha value is -3.07. The molecule has 0 aliphatic heterocycles. The van der Waals surface area contributed by atoms with Gasteiger partial charge in [-0.2, -0.15) is 0 Å².